The van der Waals surface area contributed by atoms with Gasteiger partial charge in [-0.15, -0.1) is 12.6 Å². The molecule has 0 bridgehead atoms. The third-order valence-corrected chi connectivity index (χ3v) is 6.05. The Bertz CT molecular complexity index is 1040. The maximum absolute atomic E-state index is 12.9. The number of aromatic nitrogens is 1. The van der Waals surface area contributed by atoms with Gasteiger partial charge in [0, 0.05) is 25.0 Å². The molecular weight excluding hydrogens is 406 g/mol. The first-order chi connectivity index (χ1) is 15.0. The van der Waals surface area contributed by atoms with Crippen molar-refractivity contribution in [1.29, 1.82) is 0 Å². The van der Waals surface area contributed by atoms with E-state index in [-0.39, 0.29) is 5.91 Å². The highest BCUT2D eigenvalue weighted by molar-refractivity contribution is 7.80. The largest absolute Gasteiger partial charge is 0.457 e. The number of hydrogen-bond acceptors (Lipinski definition) is 5. The van der Waals surface area contributed by atoms with Crippen LogP contribution in [0.1, 0.15) is 35.8 Å². The molecule has 0 spiro atoms. The van der Waals surface area contributed by atoms with Gasteiger partial charge in [-0.2, -0.15) is 0 Å². The summed E-state index contributed by atoms with van der Waals surface area (Å²) in [5.74, 6) is 1.94. The summed E-state index contributed by atoms with van der Waals surface area (Å²) < 4.78 is 5.84. The molecule has 0 unspecified atom stereocenters. The minimum Gasteiger partial charge on any atom is -0.457 e. The van der Waals surface area contributed by atoms with E-state index >= 15 is 0 Å². The SMILES string of the molecule is Cc1ccc(Oc2ccc(NC(=O)c3nccc(N4CCC(C)CC4)c3S)cc2)cc1. The Balaban J connectivity index is 1.43. The summed E-state index contributed by atoms with van der Waals surface area (Å²) in [5.41, 5.74) is 3.16. The summed E-state index contributed by atoms with van der Waals surface area (Å²) in [6, 6.07) is 17.1. The van der Waals surface area contributed by atoms with Gasteiger partial charge in [-0.25, -0.2) is 4.98 Å². The quantitative estimate of drug-likeness (QED) is 0.488. The van der Waals surface area contributed by atoms with Gasteiger partial charge in [0.25, 0.3) is 5.91 Å². The molecule has 1 saturated heterocycles. The standard InChI is InChI=1S/C25H27N3O2S/c1-17-3-7-20(8-4-17)30-21-9-5-19(6-10-21)27-25(29)23-24(31)22(11-14-26-23)28-15-12-18(2)13-16-28/h3-11,14,18,31H,12-13,15-16H2,1-2H3,(H,27,29). The molecule has 0 aliphatic carbocycles. The van der Waals surface area contributed by atoms with Crippen LogP contribution in [0.15, 0.2) is 65.7 Å². The van der Waals surface area contributed by atoms with Crippen molar-refractivity contribution in [2.24, 2.45) is 5.92 Å². The summed E-state index contributed by atoms with van der Waals surface area (Å²) in [4.78, 5) is 20.1. The summed E-state index contributed by atoms with van der Waals surface area (Å²) >= 11 is 4.64. The fourth-order valence-electron chi connectivity index (χ4n) is 3.65. The second kappa shape index (κ2) is 9.43. The lowest BCUT2D eigenvalue weighted by molar-refractivity contribution is 0.101. The summed E-state index contributed by atoms with van der Waals surface area (Å²) in [6.45, 7) is 6.26. The molecule has 2 aromatic carbocycles. The van der Waals surface area contributed by atoms with Gasteiger partial charge in [-0.1, -0.05) is 24.6 Å². The summed E-state index contributed by atoms with van der Waals surface area (Å²) in [6.07, 6.45) is 3.97. The third-order valence-electron chi connectivity index (χ3n) is 5.61. The van der Waals surface area contributed by atoms with E-state index in [1.54, 1.807) is 6.20 Å². The van der Waals surface area contributed by atoms with Crippen molar-refractivity contribution in [2.45, 2.75) is 31.6 Å². The number of thiol groups is 1. The number of benzene rings is 2. The Morgan fingerprint density at radius 2 is 1.65 bits per heavy atom. The van der Waals surface area contributed by atoms with E-state index in [1.165, 1.54) is 5.56 Å². The van der Waals surface area contributed by atoms with Crippen LogP contribution in [0.2, 0.25) is 0 Å². The first-order valence-electron chi connectivity index (χ1n) is 10.6. The number of piperidine rings is 1. The number of carbonyl (C=O) groups excluding carboxylic acids is 1. The zero-order valence-electron chi connectivity index (χ0n) is 17.8. The van der Waals surface area contributed by atoms with Crippen LogP contribution in [0.5, 0.6) is 11.5 Å². The molecule has 1 amide bonds. The summed E-state index contributed by atoms with van der Waals surface area (Å²) in [5, 5.41) is 2.91. The van der Waals surface area contributed by atoms with Gasteiger partial charge in [-0.05, 0) is 68.1 Å². The molecule has 1 aromatic heterocycles. The van der Waals surface area contributed by atoms with Crippen molar-refractivity contribution < 1.29 is 9.53 Å². The number of rotatable bonds is 5. The van der Waals surface area contributed by atoms with Crippen LogP contribution in [0.4, 0.5) is 11.4 Å². The molecule has 0 radical (unpaired) electrons. The fourth-order valence-corrected chi connectivity index (χ4v) is 4.03. The fraction of sp³-hybridized carbons (Fsp3) is 0.280. The Morgan fingerprint density at radius 3 is 2.29 bits per heavy atom. The lowest BCUT2D eigenvalue weighted by Crippen LogP contribution is -2.33. The van der Waals surface area contributed by atoms with Gasteiger partial charge in [0.2, 0.25) is 0 Å². The van der Waals surface area contributed by atoms with Crippen molar-refractivity contribution in [1.82, 2.24) is 4.98 Å². The first-order valence-corrected chi connectivity index (χ1v) is 11.0. The van der Waals surface area contributed by atoms with E-state index in [0.717, 1.165) is 43.3 Å². The molecule has 4 rings (SSSR count). The first kappa shape index (κ1) is 21.2. The Kier molecular flexibility index (Phi) is 6.47. The zero-order chi connectivity index (χ0) is 21.8. The monoisotopic (exact) mass is 433 g/mol. The topological polar surface area (TPSA) is 54.5 Å². The van der Waals surface area contributed by atoms with Gasteiger partial charge < -0.3 is 15.0 Å². The second-order valence-electron chi connectivity index (χ2n) is 8.09. The third kappa shape index (κ3) is 5.20. The molecule has 1 fully saturated rings. The van der Waals surface area contributed by atoms with Gasteiger partial charge in [0.15, 0.2) is 0 Å². The van der Waals surface area contributed by atoms with Crippen LogP contribution < -0.4 is 15.0 Å². The van der Waals surface area contributed by atoms with E-state index < -0.39 is 0 Å². The lowest BCUT2D eigenvalue weighted by Gasteiger charge is -2.33. The maximum atomic E-state index is 12.9. The maximum Gasteiger partial charge on any atom is 0.275 e. The average Bonchev–Trinajstić information content (AvgIpc) is 2.77. The van der Waals surface area contributed by atoms with E-state index in [2.05, 4.69) is 34.8 Å². The number of carbonyl (C=O) groups is 1. The molecule has 2 heterocycles. The minimum atomic E-state index is -0.274. The molecule has 3 aromatic rings. The lowest BCUT2D eigenvalue weighted by atomic mass is 9.99. The summed E-state index contributed by atoms with van der Waals surface area (Å²) in [7, 11) is 0. The second-order valence-corrected chi connectivity index (χ2v) is 8.54. The van der Waals surface area contributed by atoms with Crippen LogP contribution >= 0.6 is 12.6 Å². The molecule has 0 atom stereocenters. The van der Waals surface area contributed by atoms with Crippen LogP contribution in [-0.2, 0) is 0 Å². The van der Waals surface area contributed by atoms with E-state index in [0.29, 0.717) is 22.0 Å². The highest BCUT2D eigenvalue weighted by Crippen LogP contribution is 2.30. The molecule has 31 heavy (non-hydrogen) atoms. The number of pyridine rings is 1. The van der Waals surface area contributed by atoms with Gasteiger partial charge >= 0.3 is 0 Å². The number of ether oxygens (including phenoxy) is 1. The van der Waals surface area contributed by atoms with E-state index in [9.17, 15) is 4.79 Å². The van der Waals surface area contributed by atoms with Gasteiger partial charge in [0.05, 0.1) is 10.6 Å². The molecule has 0 saturated carbocycles. The number of amides is 1. The number of anilines is 2. The molecule has 6 heteroatoms. The Morgan fingerprint density at radius 1 is 1.03 bits per heavy atom. The molecular formula is C25H27N3O2S. The molecule has 1 N–H and O–H groups in total. The van der Waals surface area contributed by atoms with Crippen LogP contribution in [0.25, 0.3) is 0 Å². The molecule has 1 aliphatic rings. The normalized spacial score (nSPS) is 14.4. The highest BCUT2D eigenvalue weighted by Gasteiger charge is 2.21. The van der Waals surface area contributed by atoms with Crippen molar-refractivity contribution in [3.05, 3.63) is 72.1 Å². The smallest absolute Gasteiger partial charge is 0.275 e. The van der Waals surface area contributed by atoms with Crippen molar-refractivity contribution in [2.75, 3.05) is 23.3 Å². The predicted molar refractivity (Wildman–Crippen MR) is 128 cm³/mol. The van der Waals surface area contributed by atoms with Gasteiger partial charge in [0.1, 0.15) is 17.2 Å². The predicted octanol–water partition coefficient (Wildman–Crippen LogP) is 5.96. The number of nitrogens with zero attached hydrogens (tertiary/aromatic N) is 2. The van der Waals surface area contributed by atoms with Crippen molar-refractivity contribution in [3.8, 4) is 11.5 Å². The van der Waals surface area contributed by atoms with E-state index in [4.69, 9.17) is 4.74 Å². The number of aryl methyl sites for hydroxylation is 1. The Hall–Kier alpha value is -2.99. The van der Waals surface area contributed by atoms with Crippen LogP contribution in [0, 0.1) is 12.8 Å². The van der Waals surface area contributed by atoms with Crippen LogP contribution in [0.3, 0.4) is 0 Å². The molecule has 5 nitrogen and oxygen atoms in total. The van der Waals surface area contributed by atoms with E-state index in [1.807, 2.05) is 61.5 Å². The highest BCUT2D eigenvalue weighted by atomic mass is 32.1. The molecule has 1 aliphatic heterocycles. The van der Waals surface area contributed by atoms with Gasteiger partial charge in [-0.3, -0.25) is 4.79 Å². The number of hydrogen-bond donors (Lipinski definition) is 2. The van der Waals surface area contributed by atoms with Crippen LogP contribution in [-0.4, -0.2) is 24.0 Å². The van der Waals surface area contributed by atoms with Crippen molar-refractivity contribution >= 4 is 29.9 Å². The van der Waals surface area contributed by atoms with Crippen molar-refractivity contribution in [3.63, 3.8) is 0 Å². The molecule has 160 valence electrons. The minimum absolute atomic E-state index is 0.274. The number of nitrogens with one attached hydrogen (secondary N) is 1. The zero-order valence-corrected chi connectivity index (χ0v) is 18.7. The Labute approximate surface area is 188 Å². The average molecular weight is 434 g/mol.